The summed E-state index contributed by atoms with van der Waals surface area (Å²) in [6.45, 7) is 8.48. The summed E-state index contributed by atoms with van der Waals surface area (Å²) in [5.74, 6) is 1.94. The molecule has 1 saturated carbocycles. The zero-order chi connectivity index (χ0) is 17.8. The third kappa shape index (κ3) is 3.77. The summed E-state index contributed by atoms with van der Waals surface area (Å²) >= 11 is 0. The van der Waals surface area contributed by atoms with Crippen molar-refractivity contribution in [3.63, 3.8) is 0 Å². The average molecular weight is 358 g/mol. The van der Waals surface area contributed by atoms with E-state index in [1.807, 2.05) is 25.5 Å². The molecule has 0 amide bonds. The Hall–Kier alpha value is -1.89. The number of anilines is 1. The molecule has 0 radical (unpaired) electrons. The third-order valence-electron chi connectivity index (χ3n) is 6.28. The monoisotopic (exact) mass is 357 g/mol. The Bertz CT molecular complexity index is 606. The Morgan fingerprint density at radius 1 is 1.12 bits per heavy atom. The Morgan fingerprint density at radius 2 is 1.88 bits per heavy atom. The van der Waals surface area contributed by atoms with Crippen LogP contribution in [0.3, 0.4) is 0 Å². The van der Waals surface area contributed by atoms with E-state index < -0.39 is 0 Å². The van der Waals surface area contributed by atoms with Crippen LogP contribution in [-0.4, -0.2) is 85.1 Å². The Morgan fingerprint density at radius 3 is 2.50 bits per heavy atom. The van der Waals surface area contributed by atoms with Crippen LogP contribution in [0, 0.1) is 5.41 Å². The van der Waals surface area contributed by atoms with E-state index in [1.165, 1.54) is 32.2 Å². The van der Waals surface area contributed by atoms with E-state index in [4.69, 9.17) is 0 Å². The normalized spacial score (nSPS) is 23.3. The molecule has 26 heavy (non-hydrogen) atoms. The van der Waals surface area contributed by atoms with Crippen LogP contribution < -0.4 is 10.2 Å². The first-order chi connectivity index (χ1) is 12.8. The minimum atomic E-state index is 0.619. The number of guanidine groups is 1. The van der Waals surface area contributed by atoms with Crippen molar-refractivity contribution in [3.8, 4) is 0 Å². The molecule has 0 atom stereocenters. The van der Waals surface area contributed by atoms with Gasteiger partial charge in [-0.25, -0.2) is 9.97 Å². The molecular formula is C19H31N7. The van der Waals surface area contributed by atoms with Crippen LogP contribution in [-0.2, 0) is 0 Å². The summed E-state index contributed by atoms with van der Waals surface area (Å²) < 4.78 is 0. The molecule has 0 aromatic carbocycles. The van der Waals surface area contributed by atoms with E-state index in [1.54, 1.807) is 0 Å². The van der Waals surface area contributed by atoms with Gasteiger partial charge < -0.3 is 15.1 Å². The fraction of sp³-hybridized carbons (Fsp3) is 0.737. The molecule has 1 spiro atoms. The zero-order valence-corrected chi connectivity index (χ0v) is 15.9. The fourth-order valence-corrected chi connectivity index (χ4v) is 4.48. The second kappa shape index (κ2) is 7.78. The number of nitrogens with zero attached hydrogens (tertiary/aromatic N) is 6. The third-order valence-corrected chi connectivity index (χ3v) is 6.28. The fourth-order valence-electron chi connectivity index (χ4n) is 4.48. The molecule has 3 heterocycles. The first-order valence-electron chi connectivity index (χ1n) is 9.98. The van der Waals surface area contributed by atoms with Gasteiger partial charge in [0.05, 0.1) is 0 Å². The number of hydrogen-bond acceptors (Lipinski definition) is 5. The quantitative estimate of drug-likeness (QED) is 0.642. The van der Waals surface area contributed by atoms with Crippen molar-refractivity contribution in [1.82, 2.24) is 25.1 Å². The largest absolute Gasteiger partial charge is 0.355 e. The second-order valence-corrected chi connectivity index (χ2v) is 7.88. The highest BCUT2D eigenvalue weighted by Crippen LogP contribution is 2.47. The molecule has 3 aliphatic rings. The van der Waals surface area contributed by atoms with Gasteiger partial charge in [-0.1, -0.05) is 6.42 Å². The molecule has 142 valence electrons. The van der Waals surface area contributed by atoms with Crippen LogP contribution in [0.15, 0.2) is 23.5 Å². The Balaban J connectivity index is 1.18. The molecular weight excluding hydrogens is 326 g/mol. The lowest BCUT2D eigenvalue weighted by Gasteiger charge is -2.38. The second-order valence-electron chi connectivity index (χ2n) is 7.88. The van der Waals surface area contributed by atoms with Crippen molar-refractivity contribution < 1.29 is 0 Å². The van der Waals surface area contributed by atoms with Crippen LogP contribution in [0.2, 0.25) is 0 Å². The lowest BCUT2D eigenvalue weighted by Crippen LogP contribution is -2.50. The average Bonchev–Trinajstić information content (AvgIpc) is 3.13. The number of hydrogen-bond donors (Lipinski definition) is 1. The maximum Gasteiger partial charge on any atom is 0.225 e. The van der Waals surface area contributed by atoms with Gasteiger partial charge in [-0.15, -0.1) is 0 Å². The van der Waals surface area contributed by atoms with Crippen LogP contribution in [0.5, 0.6) is 0 Å². The van der Waals surface area contributed by atoms with Crippen LogP contribution in [0.4, 0.5) is 5.95 Å². The smallest absolute Gasteiger partial charge is 0.225 e. The molecule has 0 bridgehead atoms. The minimum absolute atomic E-state index is 0.619. The van der Waals surface area contributed by atoms with Crippen LogP contribution in [0.1, 0.15) is 25.7 Å². The first-order valence-corrected chi connectivity index (χ1v) is 9.98. The molecule has 2 aliphatic heterocycles. The van der Waals surface area contributed by atoms with Crippen molar-refractivity contribution in [3.05, 3.63) is 18.5 Å². The lowest BCUT2D eigenvalue weighted by molar-refractivity contribution is 0.151. The first kappa shape index (κ1) is 17.5. The molecule has 3 fully saturated rings. The van der Waals surface area contributed by atoms with E-state index in [-0.39, 0.29) is 0 Å². The highest BCUT2D eigenvalue weighted by Gasteiger charge is 2.43. The van der Waals surface area contributed by atoms with Gasteiger partial charge in [0.2, 0.25) is 5.95 Å². The highest BCUT2D eigenvalue weighted by molar-refractivity contribution is 5.80. The molecule has 4 rings (SSSR count). The Kier molecular flexibility index (Phi) is 5.24. The molecule has 2 saturated heterocycles. The van der Waals surface area contributed by atoms with Gasteiger partial charge in [-0.2, -0.15) is 0 Å². The lowest BCUT2D eigenvalue weighted by atomic mass is 9.68. The number of aliphatic imine (C=N–C) groups is 1. The molecule has 7 nitrogen and oxygen atoms in total. The van der Waals surface area contributed by atoms with Gasteiger partial charge in [0.15, 0.2) is 5.96 Å². The number of rotatable bonds is 4. The summed E-state index contributed by atoms with van der Waals surface area (Å²) in [5, 5.41) is 3.58. The number of likely N-dealkylation sites (tertiary alicyclic amines) is 1. The highest BCUT2D eigenvalue weighted by atomic mass is 15.3. The van der Waals surface area contributed by atoms with Gasteiger partial charge in [0.1, 0.15) is 0 Å². The predicted octanol–water partition coefficient (Wildman–Crippen LogP) is 1.05. The van der Waals surface area contributed by atoms with Gasteiger partial charge in [0.25, 0.3) is 0 Å². The van der Waals surface area contributed by atoms with Gasteiger partial charge in [-0.3, -0.25) is 9.89 Å². The summed E-state index contributed by atoms with van der Waals surface area (Å²) in [7, 11) is 1.91. The van der Waals surface area contributed by atoms with E-state index in [2.05, 4.69) is 35.0 Å². The van der Waals surface area contributed by atoms with E-state index in [9.17, 15) is 0 Å². The summed E-state index contributed by atoms with van der Waals surface area (Å²) in [4.78, 5) is 20.5. The number of nitrogens with one attached hydrogen (secondary N) is 1. The Labute approximate surface area is 156 Å². The van der Waals surface area contributed by atoms with Crippen LogP contribution in [0.25, 0.3) is 0 Å². The van der Waals surface area contributed by atoms with Gasteiger partial charge >= 0.3 is 0 Å². The van der Waals surface area contributed by atoms with Crippen molar-refractivity contribution in [2.75, 3.05) is 64.3 Å². The minimum Gasteiger partial charge on any atom is -0.355 e. The van der Waals surface area contributed by atoms with Crippen molar-refractivity contribution >= 4 is 11.9 Å². The van der Waals surface area contributed by atoms with E-state index >= 15 is 0 Å². The molecule has 1 aliphatic carbocycles. The molecule has 0 unspecified atom stereocenters. The maximum atomic E-state index is 4.52. The predicted molar refractivity (Wildman–Crippen MR) is 105 cm³/mol. The van der Waals surface area contributed by atoms with E-state index in [0.717, 1.165) is 57.7 Å². The topological polar surface area (TPSA) is 59.9 Å². The maximum absolute atomic E-state index is 4.52. The molecule has 1 aromatic rings. The molecule has 1 N–H and O–H groups in total. The van der Waals surface area contributed by atoms with Gasteiger partial charge in [-0.05, 0) is 30.7 Å². The summed E-state index contributed by atoms with van der Waals surface area (Å²) in [6, 6.07) is 1.87. The summed E-state index contributed by atoms with van der Waals surface area (Å²) in [6.07, 6.45) is 9.22. The standard InChI is InChI=1S/C19H31N7/c1-20-17(26-10-6-19(16-26)4-2-5-19)23-9-11-24-12-14-25(15-13-24)18-21-7-3-8-22-18/h3,7-8H,2,4-6,9-16H2,1H3,(H,20,23). The number of piperazine rings is 1. The van der Waals surface area contributed by atoms with Crippen molar-refractivity contribution in [2.24, 2.45) is 10.4 Å². The zero-order valence-electron chi connectivity index (χ0n) is 15.9. The summed E-state index contributed by atoms with van der Waals surface area (Å²) in [5.41, 5.74) is 0.619. The SMILES string of the molecule is CN=C(NCCN1CCN(c2ncccn2)CC1)N1CCC2(CCC2)C1. The van der Waals surface area contributed by atoms with Crippen molar-refractivity contribution in [1.29, 1.82) is 0 Å². The molecule has 7 heteroatoms. The van der Waals surface area contributed by atoms with Crippen LogP contribution >= 0.6 is 0 Å². The molecule has 1 aromatic heterocycles. The van der Waals surface area contributed by atoms with Gasteiger partial charge in [0, 0.05) is 71.8 Å². The van der Waals surface area contributed by atoms with E-state index in [0.29, 0.717) is 5.41 Å². The van der Waals surface area contributed by atoms with Crippen molar-refractivity contribution in [2.45, 2.75) is 25.7 Å². The number of aromatic nitrogens is 2.